The average molecular weight is 308 g/mol. The highest BCUT2D eigenvalue weighted by Gasteiger charge is 2.20. The summed E-state index contributed by atoms with van der Waals surface area (Å²) < 4.78 is 0. The van der Waals surface area contributed by atoms with E-state index in [2.05, 4.69) is 44.3 Å². The van der Waals surface area contributed by atoms with Crippen LogP contribution in [0.3, 0.4) is 0 Å². The first-order chi connectivity index (χ1) is 9.54. The van der Waals surface area contributed by atoms with E-state index >= 15 is 0 Å². The van der Waals surface area contributed by atoms with Crippen LogP contribution in [0.4, 0.5) is 0 Å². The summed E-state index contributed by atoms with van der Waals surface area (Å²) in [6.07, 6.45) is 0. The van der Waals surface area contributed by atoms with E-state index in [-0.39, 0.29) is 6.04 Å². The van der Waals surface area contributed by atoms with Gasteiger partial charge in [-0.15, -0.1) is 0 Å². The van der Waals surface area contributed by atoms with E-state index in [0.29, 0.717) is 10.0 Å². The lowest BCUT2D eigenvalue weighted by molar-refractivity contribution is 0.628. The Morgan fingerprint density at radius 2 is 1.70 bits per heavy atom. The van der Waals surface area contributed by atoms with E-state index in [1.807, 2.05) is 18.2 Å². The summed E-state index contributed by atoms with van der Waals surface area (Å²) in [6, 6.07) is 12.1. The van der Waals surface area contributed by atoms with E-state index in [1.165, 1.54) is 16.7 Å². The highest BCUT2D eigenvalue weighted by molar-refractivity contribution is 6.36. The van der Waals surface area contributed by atoms with Crippen LogP contribution in [0, 0.1) is 13.8 Å². The van der Waals surface area contributed by atoms with Crippen molar-refractivity contribution in [1.29, 1.82) is 0 Å². The molecule has 3 heteroatoms. The summed E-state index contributed by atoms with van der Waals surface area (Å²) in [5, 5.41) is 4.88. The van der Waals surface area contributed by atoms with Crippen molar-refractivity contribution in [3.8, 4) is 0 Å². The fraction of sp³-hybridized carbons (Fsp3) is 0.294. The maximum absolute atomic E-state index is 6.37. The van der Waals surface area contributed by atoms with Gasteiger partial charge in [0.1, 0.15) is 0 Å². The molecule has 0 aliphatic heterocycles. The lowest BCUT2D eigenvalue weighted by Gasteiger charge is -2.23. The zero-order valence-corrected chi connectivity index (χ0v) is 13.5. The molecule has 0 radical (unpaired) electrons. The molecular formula is C17H19Cl2N. The molecule has 0 aliphatic carbocycles. The third kappa shape index (κ3) is 3.17. The number of aryl methyl sites for hydroxylation is 2. The molecule has 0 saturated heterocycles. The van der Waals surface area contributed by atoms with Crippen molar-refractivity contribution in [2.75, 3.05) is 6.54 Å². The molecule has 2 aromatic carbocycles. The number of hydrogen-bond donors (Lipinski definition) is 1. The van der Waals surface area contributed by atoms with Gasteiger partial charge in [-0.2, -0.15) is 0 Å². The van der Waals surface area contributed by atoms with Crippen molar-refractivity contribution in [3.05, 3.63) is 68.7 Å². The minimum atomic E-state index is 0.0156. The van der Waals surface area contributed by atoms with Gasteiger partial charge in [0.25, 0.3) is 0 Å². The average Bonchev–Trinajstić information content (AvgIpc) is 2.38. The molecule has 0 bridgehead atoms. The van der Waals surface area contributed by atoms with Crippen LogP contribution in [0.25, 0.3) is 0 Å². The minimum absolute atomic E-state index is 0.0156. The second-order valence-electron chi connectivity index (χ2n) is 4.99. The van der Waals surface area contributed by atoms with E-state index < -0.39 is 0 Å². The van der Waals surface area contributed by atoms with Crippen molar-refractivity contribution in [2.45, 2.75) is 26.8 Å². The predicted octanol–water partition coefficient (Wildman–Crippen LogP) is 5.31. The fourth-order valence-electron chi connectivity index (χ4n) is 2.51. The number of hydrogen-bond acceptors (Lipinski definition) is 1. The van der Waals surface area contributed by atoms with Gasteiger partial charge in [-0.1, -0.05) is 60.0 Å². The van der Waals surface area contributed by atoms with Crippen molar-refractivity contribution < 1.29 is 0 Å². The van der Waals surface area contributed by atoms with E-state index in [1.54, 1.807) is 0 Å². The van der Waals surface area contributed by atoms with Gasteiger partial charge in [-0.25, -0.2) is 0 Å². The summed E-state index contributed by atoms with van der Waals surface area (Å²) in [5.74, 6) is 0. The Balaban J connectivity index is 2.56. The summed E-state index contributed by atoms with van der Waals surface area (Å²) in [5.41, 5.74) is 4.66. The molecule has 2 rings (SSSR count). The highest BCUT2D eigenvalue weighted by atomic mass is 35.5. The Morgan fingerprint density at radius 1 is 1.05 bits per heavy atom. The number of benzene rings is 2. The first kappa shape index (κ1) is 15.4. The zero-order chi connectivity index (χ0) is 14.7. The number of nitrogens with one attached hydrogen (secondary N) is 1. The molecule has 1 N–H and O–H groups in total. The first-order valence-corrected chi connectivity index (χ1v) is 7.54. The van der Waals surface area contributed by atoms with E-state index in [4.69, 9.17) is 23.2 Å². The van der Waals surface area contributed by atoms with Crippen LogP contribution >= 0.6 is 23.2 Å². The van der Waals surface area contributed by atoms with Crippen LogP contribution in [0.5, 0.6) is 0 Å². The normalized spacial score (nSPS) is 12.4. The highest BCUT2D eigenvalue weighted by Crippen LogP contribution is 2.35. The number of halogens is 2. The maximum atomic E-state index is 6.37. The monoisotopic (exact) mass is 307 g/mol. The van der Waals surface area contributed by atoms with Crippen molar-refractivity contribution >= 4 is 23.2 Å². The molecule has 1 nitrogen and oxygen atoms in total. The molecule has 1 atom stereocenters. The summed E-state index contributed by atoms with van der Waals surface area (Å²) in [7, 11) is 0. The molecular weight excluding hydrogens is 289 g/mol. The van der Waals surface area contributed by atoms with Gasteiger partial charge in [0, 0.05) is 15.6 Å². The molecule has 106 valence electrons. The molecule has 0 aromatic heterocycles. The van der Waals surface area contributed by atoms with Gasteiger partial charge in [0.05, 0.1) is 6.04 Å². The summed E-state index contributed by atoms with van der Waals surface area (Å²) in [4.78, 5) is 0. The molecule has 0 fully saturated rings. The Bertz CT molecular complexity index is 588. The molecule has 0 saturated carbocycles. The Labute approximate surface area is 130 Å². The van der Waals surface area contributed by atoms with Crippen molar-refractivity contribution in [1.82, 2.24) is 5.32 Å². The molecule has 0 amide bonds. The van der Waals surface area contributed by atoms with Gasteiger partial charge >= 0.3 is 0 Å². The fourth-order valence-corrected chi connectivity index (χ4v) is 3.12. The second kappa shape index (κ2) is 6.62. The molecule has 2 aromatic rings. The Morgan fingerprint density at radius 3 is 2.25 bits per heavy atom. The van der Waals surface area contributed by atoms with Crippen LogP contribution in [0.2, 0.25) is 10.0 Å². The predicted molar refractivity (Wildman–Crippen MR) is 87.9 cm³/mol. The lowest BCUT2D eigenvalue weighted by atomic mass is 9.93. The van der Waals surface area contributed by atoms with Gasteiger partial charge in [0.2, 0.25) is 0 Å². The third-order valence-electron chi connectivity index (χ3n) is 3.43. The topological polar surface area (TPSA) is 12.0 Å². The van der Waals surface area contributed by atoms with E-state index in [0.717, 1.165) is 12.1 Å². The van der Waals surface area contributed by atoms with Gasteiger partial charge < -0.3 is 5.32 Å². The van der Waals surface area contributed by atoms with E-state index in [9.17, 15) is 0 Å². The van der Waals surface area contributed by atoms with Crippen molar-refractivity contribution in [3.63, 3.8) is 0 Å². The molecule has 0 spiro atoms. The SMILES string of the molecule is CCNC(c1ccc(C)cc1C)c1c(Cl)cccc1Cl. The van der Waals surface area contributed by atoms with Crippen LogP contribution in [0.15, 0.2) is 36.4 Å². The second-order valence-corrected chi connectivity index (χ2v) is 5.80. The van der Waals surface area contributed by atoms with Crippen LogP contribution in [-0.4, -0.2) is 6.54 Å². The van der Waals surface area contributed by atoms with Crippen LogP contribution < -0.4 is 5.32 Å². The quantitative estimate of drug-likeness (QED) is 0.807. The van der Waals surface area contributed by atoms with Gasteiger partial charge in [-0.05, 0) is 43.7 Å². The molecule has 0 aliphatic rings. The van der Waals surface area contributed by atoms with Crippen molar-refractivity contribution in [2.24, 2.45) is 0 Å². The Kier molecular flexibility index (Phi) is 5.09. The summed E-state index contributed by atoms with van der Waals surface area (Å²) >= 11 is 12.7. The smallest absolute Gasteiger partial charge is 0.0608 e. The largest absolute Gasteiger partial charge is 0.306 e. The first-order valence-electron chi connectivity index (χ1n) is 6.79. The zero-order valence-electron chi connectivity index (χ0n) is 12.0. The third-order valence-corrected chi connectivity index (χ3v) is 4.09. The van der Waals surface area contributed by atoms with Gasteiger partial charge in [0.15, 0.2) is 0 Å². The number of rotatable bonds is 4. The molecule has 20 heavy (non-hydrogen) atoms. The maximum Gasteiger partial charge on any atom is 0.0608 e. The minimum Gasteiger partial charge on any atom is -0.306 e. The lowest BCUT2D eigenvalue weighted by Crippen LogP contribution is -2.23. The standard InChI is InChI=1S/C17H19Cl2N/c1-4-20-17(13-9-8-11(2)10-12(13)3)16-14(18)6-5-7-15(16)19/h5-10,17,20H,4H2,1-3H3. The molecule has 0 heterocycles. The molecule has 1 unspecified atom stereocenters. The van der Waals surface area contributed by atoms with Gasteiger partial charge in [-0.3, -0.25) is 0 Å². The van der Waals surface area contributed by atoms with Crippen LogP contribution in [0.1, 0.15) is 35.2 Å². The Hall–Kier alpha value is -1.02. The summed E-state index contributed by atoms with van der Waals surface area (Å²) in [6.45, 7) is 7.15. The van der Waals surface area contributed by atoms with Crippen LogP contribution in [-0.2, 0) is 0 Å².